The molecule has 7 heteroatoms. The van der Waals surface area contributed by atoms with E-state index in [9.17, 15) is 13.6 Å². The number of furan rings is 1. The lowest BCUT2D eigenvalue weighted by Crippen LogP contribution is -2.46. The first-order valence-electron chi connectivity index (χ1n) is 7.27. The number of hydrogen-bond acceptors (Lipinski definition) is 4. The number of anilines is 1. The topological polar surface area (TPSA) is 56.9 Å². The van der Waals surface area contributed by atoms with Crippen molar-refractivity contribution in [1.82, 2.24) is 4.90 Å². The number of carboxylic acid groups (broad SMARTS) is 1. The summed E-state index contributed by atoms with van der Waals surface area (Å²) in [5.74, 6) is -1.49. The highest BCUT2D eigenvalue weighted by Gasteiger charge is 2.21. The van der Waals surface area contributed by atoms with Gasteiger partial charge < -0.3 is 14.4 Å². The molecule has 1 aliphatic rings. The first kappa shape index (κ1) is 15.5. The molecule has 1 aliphatic heterocycles. The van der Waals surface area contributed by atoms with Gasteiger partial charge in [0.1, 0.15) is 17.4 Å². The minimum Gasteiger partial charge on any atom is -0.475 e. The monoisotopic (exact) mass is 322 g/mol. The molecule has 0 amide bonds. The molecule has 0 atom stereocenters. The molecule has 0 unspecified atom stereocenters. The van der Waals surface area contributed by atoms with Gasteiger partial charge in [0.05, 0.1) is 12.2 Å². The van der Waals surface area contributed by atoms with Crippen LogP contribution >= 0.6 is 0 Å². The largest absolute Gasteiger partial charge is 0.475 e. The van der Waals surface area contributed by atoms with Gasteiger partial charge in [-0.15, -0.1) is 0 Å². The number of halogens is 2. The van der Waals surface area contributed by atoms with Crippen LogP contribution in [0.2, 0.25) is 0 Å². The lowest BCUT2D eigenvalue weighted by molar-refractivity contribution is 0.0658. The van der Waals surface area contributed by atoms with Gasteiger partial charge in [0.2, 0.25) is 5.76 Å². The molecular formula is C16H16F2N2O3. The van der Waals surface area contributed by atoms with Crippen molar-refractivity contribution in [2.45, 2.75) is 6.54 Å². The maximum absolute atomic E-state index is 13.8. The molecular weight excluding hydrogens is 306 g/mol. The van der Waals surface area contributed by atoms with Crippen LogP contribution in [0, 0.1) is 11.6 Å². The molecule has 0 radical (unpaired) electrons. The van der Waals surface area contributed by atoms with Gasteiger partial charge in [0.15, 0.2) is 0 Å². The van der Waals surface area contributed by atoms with Crippen LogP contribution in [0.25, 0.3) is 0 Å². The van der Waals surface area contributed by atoms with E-state index in [0.717, 1.165) is 12.1 Å². The molecule has 3 rings (SSSR count). The van der Waals surface area contributed by atoms with Crippen LogP contribution < -0.4 is 4.90 Å². The van der Waals surface area contributed by atoms with Crippen LogP contribution in [0.15, 0.2) is 34.7 Å². The van der Waals surface area contributed by atoms with E-state index in [1.165, 1.54) is 12.1 Å². The zero-order chi connectivity index (χ0) is 16.4. The Morgan fingerprint density at radius 2 is 1.87 bits per heavy atom. The fourth-order valence-corrected chi connectivity index (χ4v) is 2.67. The molecule has 0 saturated carbocycles. The molecule has 1 aromatic heterocycles. The van der Waals surface area contributed by atoms with Crippen LogP contribution in [-0.4, -0.2) is 42.2 Å². The summed E-state index contributed by atoms with van der Waals surface area (Å²) in [6.45, 7) is 2.92. The van der Waals surface area contributed by atoms with E-state index in [0.29, 0.717) is 38.5 Å². The Labute approximate surface area is 131 Å². The summed E-state index contributed by atoms with van der Waals surface area (Å²) in [7, 11) is 0. The number of benzene rings is 1. The Hall–Kier alpha value is -2.41. The van der Waals surface area contributed by atoms with E-state index in [1.54, 1.807) is 11.0 Å². The van der Waals surface area contributed by atoms with Gasteiger partial charge in [-0.1, -0.05) is 0 Å². The highest BCUT2D eigenvalue weighted by atomic mass is 19.1. The summed E-state index contributed by atoms with van der Waals surface area (Å²) < 4.78 is 32.3. The van der Waals surface area contributed by atoms with E-state index in [2.05, 4.69) is 4.90 Å². The highest BCUT2D eigenvalue weighted by molar-refractivity contribution is 5.84. The molecule has 122 valence electrons. The molecule has 23 heavy (non-hydrogen) atoms. The van der Waals surface area contributed by atoms with Crippen molar-refractivity contribution in [2.24, 2.45) is 0 Å². The Balaban J connectivity index is 1.59. The number of carbonyl (C=O) groups is 1. The molecule has 1 saturated heterocycles. The third-order valence-corrected chi connectivity index (χ3v) is 3.87. The molecule has 0 spiro atoms. The number of piperazine rings is 1. The fraction of sp³-hybridized carbons (Fsp3) is 0.312. The average molecular weight is 322 g/mol. The van der Waals surface area contributed by atoms with Gasteiger partial charge in [0.25, 0.3) is 0 Å². The number of aromatic carboxylic acids is 1. The van der Waals surface area contributed by atoms with Crippen molar-refractivity contribution in [3.8, 4) is 0 Å². The van der Waals surface area contributed by atoms with Crippen molar-refractivity contribution in [2.75, 3.05) is 31.1 Å². The Morgan fingerprint density at radius 3 is 2.52 bits per heavy atom. The second-order valence-corrected chi connectivity index (χ2v) is 5.43. The lowest BCUT2D eigenvalue weighted by Gasteiger charge is -2.35. The summed E-state index contributed by atoms with van der Waals surface area (Å²) >= 11 is 0. The Bertz CT molecular complexity index is 709. The van der Waals surface area contributed by atoms with Crippen molar-refractivity contribution in [3.05, 3.63) is 53.5 Å². The summed E-state index contributed by atoms with van der Waals surface area (Å²) in [6.07, 6.45) is 0. The predicted molar refractivity (Wildman–Crippen MR) is 79.5 cm³/mol. The van der Waals surface area contributed by atoms with Gasteiger partial charge in [-0.2, -0.15) is 0 Å². The van der Waals surface area contributed by atoms with E-state index < -0.39 is 17.6 Å². The third kappa shape index (κ3) is 3.50. The number of hydrogen-bond donors (Lipinski definition) is 1. The summed E-state index contributed by atoms with van der Waals surface area (Å²) in [6, 6.07) is 6.51. The van der Waals surface area contributed by atoms with Crippen LogP contribution in [0.1, 0.15) is 16.3 Å². The number of carboxylic acids is 1. The van der Waals surface area contributed by atoms with E-state index in [1.807, 2.05) is 0 Å². The molecule has 1 aromatic carbocycles. The Morgan fingerprint density at radius 1 is 1.13 bits per heavy atom. The van der Waals surface area contributed by atoms with Crippen LogP contribution in [0.5, 0.6) is 0 Å². The van der Waals surface area contributed by atoms with E-state index in [-0.39, 0.29) is 11.4 Å². The van der Waals surface area contributed by atoms with Crippen LogP contribution in [-0.2, 0) is 6.54 Å². The van der Waals surface area contributed by atoms with Crippen molar-refractivity contribution in [1.29, 1.82) is 0 Å². The molecule has 0 aliphatic carbocycles. The lowest BCUT2D eigenvalue weighted by atomic mass is 10.2. The molecule has 0 bridgehead atoms. The van der Waals surface area contributed by atoms with Gasteiger partial charge in [-0.25, -0.2) is 13.6 Å². The van der Waals surface area contributed by atoms with Crippen molar-refractivity contribution < 1.29 is 23.1 Å². The second-order valence-electron chi connectivity index (χ2n) is 5.43. The maximum atomic E-state index is 13.8. The summed E-state index contributed by atoms with van der Waals surface area (Å²) in [4.78, 5) is 14.7. The minimum atomic E-state index is -1.09. The predicted octanol–water partition coefficient (Wildman–Crippen LogP) is 2.58. The summed E-state index contributed by atoms with van der Waals surface area (Å²) in [5, 5.41) is 8.83. The van der Waals surface area contributed by atoms with Gasteiger partial charge >= 0.3 is 5.97 Å². The zero-order valence-corrected chi connectivity index (χ0v) is 12.3. The SMILES string of the molecule is O=C(O)c1ccc(CN2CCN(c3cc(F)ccc3F)CC2)o1. The van der Waals surface area contributed by atoms with E-state index >= 15 is 0 Å². The average Bonchev–Trinajstić information content (AvgIpc) is 2.99. The van der Waals surface area contributed by atoms with Gasteiger partial charge in [-0.05, 0) is 24.3 Å². The summed E-state index contributed by atoms with van der Waals surface area (Å²) in [5.41, 5.74) is 0.274. The smallest absolute Gasteiger partial charge is 0.371 e. The van der Waals surface area contributed by atoms with Crippen molar-refractivity contribution in [3.63, 3.8) is 0 Å². The normalized spacial score (nSPS) is 15.8. The molecule has 1 fully saturated rings. The van der Waals surface area contributed by atoms with Gasteiger partial charge in [0, 0.05) is 32.2 Å². The third-order valence-electron chi connectivity index (χ3n) is 3.87. The standard InChI is InChI=1S/C16H16F2N2O3/c17-11-1-3-13(18)14(9-11)20-7-5-19(6-8-20)10-12-2-4-15(23-12)16(21)22/h1-4,9H,5-8,10H2,(H,21,22). The quantitative estimate of drug-likeness (QED) is 0.937. The van der Waals surface area contributed by atoms with Gasteiger partial charge in [-0.3, -0.25) is 4.90 Å². The van der Waals surface area contributed by atoms with Crippen LogP contribution in [0.3, 0.4) is 0 Å². The number of rotatable bonds is 4. The van der Waals surface area contributed by atoms with Crippen LogP contribution in [0.4, 0.5) is 14.5 Å². The number of nitrogens with zero attached hydrogens (tertiary/aromatic N) is 2. The zero-order valence-electron chi connectivity index (χ0n) is 12.3. The van der Waals surface area contributed by atoms with Crippen molar-refractivity contribution >= 4 is 11.7 Å². The maximum Gasteiger partial charge on any atom is 0.371 e. The first-order valence-corrected chi connectivity index (χ1v) is 7.27. The first-order chi connectivity index (χ1) is 11.0. The molecule has 2 aromatic rings. The molecule has 1 N–H and O–H groups in total. The van der Waals surface area contributed by atoms with E-state index in [4.69, 9.17) is 9.52 Å². The Kier molecular flexibility index (Phi) is 4.29. The minimum absolute atomic E-state index is 0.0829. The molecule has 5 nitrogen and oxygen atoms in total. The highest BCUT2D eigenvalue weighted by Crippen LogP contribution is 2.22. The fourth-order valence-electron chi connectivity index (χ4n) is 2.67. The second kappa shape index (κ2) is 6.37. The molecule has 2 heterocycles.